The van der Waals surface area contributed by atoms with Crippen LogP contribution in [0.2, 0.25) is 0 Å². The number of aryl methyl sites for hydroxylation is 1. The van der Waals surface area contributed by atoms with Crippen LogP contribution in [0.25, 0.3) is 0 Å². The Balaban J connectivity index is 1.91. The quantitative estimate of drug-likeness (QED) is 0.941. The molecule has 0 spiro atoms. The third-order valence-electron chi connectivity index (χ3n) is 2.54. The van der Waals surface area contributed by atoms with Gasteiger partial charge in [0.2, 0.25) is 0 Å². The minimum Gasteiger partial charge on any atom is -0.469 e. The Morgan fingerprint density at radius 3 is 2.89 bits per heavy atom. The van der Waals surface area contributed by atoms with Crippen molar-refractivity contribution in [3.63, 3.8) is 0 Å². The van der Waals surface area contributed by atoms with Gasteiger partial charge in [-0.15, -0.1) is 0 Å². The van der Waals surface area contributed by atoms with Gasteiger partial charge in [0.05, 0.1) is 6.26 Å². The molecule has 0 unspecified atom stereocenters. The fraction of sp³-hybridized carbons (Fsp3) is 0.214. The molecule has 0 saturated carbocycles. The highest BCUT2D eigenvalue weighted by Crippen LogP contribution is 2.15. The molecule has 1 aromatic carbocycles. The van der Waals surface area contributed by atoms with Crippen LogP contribution in [0.3, 0.4) is 0 Å². The minimum atomic E-state index is -0.0639. The third-order valence-corrected chi connectivity index (χ3v) is 3.00. The summed E-state index contributed by atoms with van der Waals surface area (Å²) in [6, 6.07) is 9.39. The Hall–Kier alpha value is -1.55. The van der Waals surface area contributed by atoms with Crippen LogP contribution < -0.4 is 5.32 Å². The van der Waals surface area contributed by atoms with E-state index in [-0.39, 0.29) is 5.91 Å². The Bertz CT molecular complexity index is 514. The Morgan fingerprint density at radius 2 is 2.22 bits per heavy atom. The third kappa shape index (κ3) is 3.47. The first-order valence-electron chi connectivity index (χ1n) is 5.73. The van der Waals surface area contributed by atoms with Crippen molar-refractivity contribution in [3.05, 3.63) is 58.0 Å². The lowest BCUT2D eigenvalue weighted by molar-refractivity contribution is 0.0953. The zero-order chi connectivity index (χ0) is 13.0. The molecule has 0 aliphatic rings. The van der Waals surface area contributed by atoms with Crippen LogP contribution in [-0.2, 0) is 6.42 Å². The van der Waals surface area contributed by atoms with Gasteiger partial charge in [0.15, 0.2) is 0 Å². The van der Waals surface area contributed by atoms with Crippen LogP contribution in [0.1, 0.15) is 21.7 Å². The molecule has 0 atom stereocenters. The number of carbonyl (C=O) groups excluding carboxylic acids is 1. The highest BCUT2D eigenvalue weighted by molar-refractivity contribution is 9.10. The molecule has 4 heteroatoms. The zero-order valence-corrected chi connectivity index (χ0v) is 11.7. The summed E-state index contributed by atoms with van der Waals surface area (Å²) in [5.74, 6) is 0.812. The van der Waals surface area contributed by atoms with Crippen molar-refractivity contribution in [3.8, 4) is 0 Å². The van der Waals surface area contributed by atoms with Crippen molar-refractivity contribution in [1.29, 1.82) is 0 Å². The normalized spacial score (nSPS) is 10.3. The van der Waals surface area contributed by atoms with Crippen molar-refractivity contribution in [2.75, 3.05) is 6.54 Å². The van der Waals surface area contributed by atoms with Crippen LogP contribution in [0.5, 0.6) is 0 Å². The van der Waals surface area contributed by atoms with Gasteiger partial charge in [-0.3, -0.25) is 4.79 Å². The molecule has 0 bridgehead atoms. The fourth-order valence-corrected chi connectivity index (χ4v) is 2.33. The molecular weight excluding hydrogens is 294 g/mol. The SMILES string of the molecule is Cc1cc(Br)cc(C(=O)NCCc2ccco2)c1. The van der Waals surface area contributed by atoms with E-state index in [0.29, 0.717) is 18.5 Å². The van der Waals surface area contributed by atoms with Gasteiger partial charge < -0.3 is 9.73 Å². The summed E-state index contributed by atoms with van der Waals surface area (Å²) in [6.45, 7) is 2.53. The number of rotatable bonds is 4. The van der Waals surface area contributed by atoms with Gasteiger partial charge in [0, 0.05) is 23.0 Å². The molecule has 94 valence electrons. The average Bonchev–Trinajstić information content (AvgIpc) is 2.80. The number of carbonyl (C=O) groups is 1. The molecule has 18 heavy (non-hydrogen) atoms. The number of hydrogen-bond donors (Lipinski definition) is 1. The molecular formula is C14H14BrNO2. The number of furan rings is 1. The highest BCUT2D eigenvalue weighted by Gasteiger charge is 2.06. The summed E-state index contributed by atoms with van der Waals surface area (Å²) < 4.78 is 6.12. The Kier molecular flexibility index (Phi) is 4.20. The van der Waals surface area contributed by atoms with Crippen molar-refractivity contribution in [2.24, 2.45) is 0 Å². The van der Waals surface area contributed by atoms with Crippen LogP contribution in [-0.4, -0.2) is 12.5 Å². The first-order valence-corrected chi connectivity index (χ1v) is 6.52. The lowest BCUT2D eigenvalue weighted by atomic mass is 10.1. The summed E-state index contributed by atoms with van der Waals surface area (Å²) in [7, 11) is 0. The Morgan fingerprint density at radius 1 is 1.39 bits per heavy atom. The van der Waals surface area contributed by atoms with Gasteiger partial charge in [-0.1, -0.05) is 15.9 Å². The highest BCUT2D eigenvalue weighted by atomic mass is 79.9. The Labute approximate surface area is 114 Å². The van der Waals surface area contributed by atoms with Crippen LogP contribution in [0.4, 0.5) is 0 Å². The van der Waals surface area contributed by atoms with E-state index in [1.807, 2.05) is 37.3 Å². The number of halogens is 1. The van der Waals surface area contributed by atoms with E-state index in [4.69, 9.17) is 4.42 Å². The monoisotopic (exact) mass is 307 g/mol. The van der Waals surface area contributed by atoms with Crippen molar-refractivity contribution in [1.82, 2.24) is 5.32 Å². The zero-order valence-electron chi connectivity index (χ0n) is 10.1. The fourth-order valence-electron chi connectivity index (χ4n) is 1.72. The molecule has 1 amide bonds. The standard InChI is InChI=1S/C14H14BrNO2/c1-10-7-11(9-12(15)8-10)14(17)16-5-4-13-3-2-6-18-13/h2-3,6-9H,4-5H2,1H3,(H,16,17). The molecule has 3 nitrogen and oxygen atoms in total. The maximum atomic E-state index is 11.9. The van der Waals surface area contributed by atoms with Crippen molar-refractivity contribution >= 4 is 21.8 Å². The largest absolute Gasteiger partial charge is 0.469 e. The second-order valence-electron chi connectivity index (χ2n) is 4.10. The summed E-state index contributed by atoms with van der Waals surface area (Å²) in [5, 5.41) is 2.87. The topological polar surface area (TPSA) is 42.2 Å². The lowest BCUT2D eigenvalue weighted by Crippen LogP contribution is -2.25. The van der Waals surface area contributed by atoms with Crippen molar-refractivity contribution in [2.45, 2.75) is 13.3 Å². The van der Waals surface area contributed by atoms with Crippen LogP contribution in [0.15, 0.2) is 45.5 Å². The van der Waals surface area contributed by atoms with Gasteiger partial charge in [0.25, 0.3) is 5.91 Å². The molecule has 0 radical (unpaired) electrons. The maximum absolute atomic E-state index is 11.9. The van der Waals surface area contributed by atoms with Gasteiger partial charge in [-0.25, -0.2) is 0 Å². The lowest BCUT2D eigenvalue weighted by Gasteiger charge is -2.05. The van der Waals surface area contributed by atoms with E-state index in [0.717, 1.165) is 15.8 Å². The number of benzene rings is 1. The van der Waals surface area contributed by atoms with E-state index in [9.17, 15) is 4.79 Å². The van der Waals surface area contributed by atoms with E-state index in [1.54, 1.807) is 6.26 Å². The second-order valence-corrected chi connectivity index (χ2v) is 5.02. The molecule has 0 aliphatic carbocycles. The van der Waals surface area contributed by atoms with E-state index in [1.165, 1.54) is 0 Å². The maximum Gasteiger partial charge on any atom is 0.251 e. The summed E-state index contributed by atoms with van der Waals surface area (Å²) in [6.07, 6.45) is 2.33. The summed E-state index contributed by atoms with van der Waals surface area (Å²) in [4.78, 5) is 11.9. The van der Waals surface area contributed by atoms with Crippen LogP contribution >= 0.6 is 15.9 Å². The molecule has 0 aliphatic heterocycles. The first kappa shape index (κ1) is 12.9. The van der Waals surface area contributed by atoms with Crippen molar-refractivity contribution < 1.29 is 9.21 Å². The molecule has 1 N–H and O–H groups in total. The van der Waals surface area contributed by atoms with E-state index >= 15 is 0 Å². The molecule has 0 saturated heterocycles. The number of amides is 1. The minimum absolute atomic E-state index is 0.0639. The van der Waals surface area contributed by atoms with Gasteiger partial charge in [0.1, 0.15) is 5.76 Å². The molecule has 2 rings (SSSR count). The van der Waals surface area contributed by atoms with Gasteiger partial charge >= 0.3 is 0 Å². The molecule has 1 heterocycles. The number of nitrogens with one attached hydrogen (secondary N) is 1. The molecule has 0 fully saturated rings. The first-order chi connectivity index (χ1) is 8.65. The summed E-state index contributed by atoms with van der Waals surface area (Å²) in [5.41, 5.74) is 1.72. The smallest absolute Gasteiger partial charge is 0.251 e. The van der Waals surface area contributed by atoms with Gasteiger partial charge in [-0.2, -0.15) is 0 Å². The predicted molar refractivity (Wildman–Crippen MR) is 73.6 cm³/mol. The van der Waals surface area contributed by atoms with E-state index in [2.05, 4.69) is 21.2 Å². The second kappa shape index (κ2) is 5.87. The average molecular weight is 308 g/mol. The predicted octanol–water partition coefficient (Wildman–Crippen LogP) is 3.32. The van der Waals surface area contributed by atoms with Crippen LogP contribution in [0, 0.1) is 6.92 Å². The summed E-state index contributed by atoms with van der Waals surface area (Å²) >= 11 is 3.39. The van der Waals surface area contributed by atoms with E-state index < -0.39 is 0 Å². The molecule has 2 aromatic rings. The number of hydrogen-bond acceptors (Lipinski definition) is 2. The van der Waals surface area contributed by atoms with Gasteiger partial charge in [-0.05, 0) is 42.8 Å². The molecule has 1 aromatic heterocycles.